The van der Waals surface area contributed by atoms with Gasteiger partial charge in [-0.1, -0.05) is 6.07 Å². The van der Waals surface area contributed by atoms with Gasteiger partial charge in [0.15, 0.2) is 11.5 Å². The second-order valence-corrected chi connectivity index (χ2v) is 8.45. The summed E-state index contributed by atoms with van der Waals surface area (Å²) in [5, 5.41) is 7.28. The van der Waals surface area contributed by atoms with E-state index in [1.165, 1.54) is 12.1 Å². The van der Waals surface area contributed by atoms with Crippen LogP contribution >= 0.6 is 11.8 Å². The van der Waals surface area contributed by atoms with Crippen LogP contribution in [0.15, 0.2) is 42.5 Å². The lowest BCUT2D eigenvalue weighted by Gasteiger charge is -2.17. The van der Waals surface area contributed by atoms with E-state index in [0.717, 1.165) is 16.8 Å². The van der Waals surface area contributed by atoms with Crippen LogP contribution in [-0.4, -0.2) is 27.7 Å². The van der Waals surface area contributed by atoms with Gasteiger partial charge < -0.3 is 14.8 Å². The maximum absolute atomic E-state index is 13.4. The number of anilines is 1. The Kier molecular flexibility index (Phi) is 4.24. The van der Waals surface area contributed by atoms with Crippen molar-refractivity contribution >= 4 is 23.5 Å². The van der Waals surface area contributed by atoms with Crippen molar-refractivity contribution in [3.05, 3.63) is 65.1 Å². The van der Waals surface area contributed by atoms with Gasteiger partial charge in [0.05, 0.1) is 21.9 Å². The van der Waals surface area contributed by atoms with E-state index in [1.54, 1.807) is 28.6 Å². The van der Waals surface area contributed by atoms with Gasteiger partial charge in [-0.15, -0.1) is 11.8 Å². The van der Waals surface area contributed by atoms with Crippen LogP contribution in [-0.2, 0) is 4.79 Å². The SMILES string of the molecule is Cc1nn(-c2ccc(F)cc2)c2c1[C@H](c1ccc3c(c1)OCO3)S[C@@H](C)C(=O)N2. The second-order valence-electron chi connectivity index (χ2n) is 7.00. The third-order valence-electron chi connectivity index (χ3n) is 5.09. The molecule has 3 heterocycles. The molecule has 1 N–H and O–H groups in total. The molecule has 6 nitrogen and oxygen atoms in total. The molecule has 5 rings (SSSR count). The summed E-state index contributed by atoms with van der Waals surface area (Å²) in [4.78, 5) is 12.7. The number of fused-ring (bicyclic) bond motifs is 2. The number of amides is 1. The van der Waals surface area contributed by atoms with Crippen molar-refractivity contribution in [3.63, 3.8) is 0 Å². The highest BCUT2D eigenvalue weighted by atomic mass is 32.2. The molecule has 0 saturated heterocycles. The largest absolute Gasteiger partial charge is 0.454 e. The topological polar surface area (TPSA) is 65.4 Å². The van der Waals surface area contributed by atoms with Gasteiger partial charge in [-0.05, 0) is 55.8 Å². The fourth-order valence-corrected chi connectivity index (χ4v) is 4.93. The van der Waals surface area contributed by atoms with Crippen LogP contribution in [0.5, 0.6) is 11.5 Å². The third-order valence-corrected chi connectivity index (χ3v) is 6.49. The molecule has 2 atom stereocenters. The average molecular weight is 411 g/mol. The normalized spacial score (nSPS) is 20.2. The van der Waals surface area contributed by atoms with Crippen molar-refractivity contribution in [3.8, 4) is 17.2 Å². The third kappa shape index (κ3) is 3.04. The lowest BCUT2D eigenvalue weighted by molar-refractivity contribution is -0.115. The number of aromatic nitrogens is 2. The maximum atomic E-state index is 13.4. The summed E-state index contributed by atoms with van der Waals surface area (Å²) in [5.41, 5.74) is 3.41. The Morgan fingerprint density at radius 1 is 1.17 bits per heavy atom. The molecule has 8 heteroatoms. The predicted molar refractivity (Wildman–Crippen MR) is 108 cm³/mol. The van der Waals surface area contributed by atoms with Crippen LogP contribution in [0.25, 0.3) is 5.69 Å². The van der Waals surface area contributed by atoms with Gasteiger partial charge in [-0.3, -0.25) is 4.79 Å². The van der Waals surface area contributed by atoms with Gasteiger partial charge in [0.25, 0.3) is 0 Å². The monoisotopic (exact) mass is 411 g/mol. The fraction of sp³-hybridized carbons (Fsp3) is 0.238. The molecule has 1 aromatic heterocycles. The summed E-state index contributed by atoms with van der Waals surface area (Å²) >= 11 is 1.56. The Morgan fingerprint density at radius 3 is 2.72 bits per heavy atom. The summed E-state index contributed by atoms with van der Waals surface area (Å²) in [6.45, 7) is 4.01. The van der Waals surface area contributed by atoms with Crippen molar-refractivity contribution in [1.29, 1.82) is 0 Å². The number of carbonyl (C=O) groups excluding carboxylic acids is 1. The molecule has 2 aliphatic rings. The zero-order chi connectivity index (χ0) is 20.1. The molecular formula is C21H18FN3O3S. The number of thioether (sulfide) groups is 1. The summed E-state index contributed by atoms with van der Waals surface area (Å²) in [6, 6.07) is 11.9. The van der Waals surface area contributed by atoms with Crippen molar-refractivity contribution in [2.45, 2.75) is 24.3 Å². The van der Waals surface area contributed by atoms with Crippen LogP contribution < -0.4 is 14.8 Å². The second kappa shape index (κ2) is 6.81. The molecule has 0 unspecified atom stereocenters. The van der Waals surface area contributed by atoms with Gasteiger partial charge >= 0.3 is 0 Å². The molecule has 148 valence electrons. The van der Waals surface area contributed by atoms with E-state index in [2.05, 4.69) is 10.4 Å². The van der Waals surface area contributed by atoms with Gasteiger partial charge in [0.1, 0.15) is 11.6 Å². The van der Waals surface area contributed by atoms with E-state index in [-0.39, 0.29) is 29.0 Å². The van der Waals surface area contributed by atoms with Gasteiger partial charge in [-0.2, -0.15) is 5.10 Å². The highest BCUT2D eigenvalue weighted by molar-refractivity contribution is 8.01. The zero-order valence-corrected chi connectivity index (χ0v) is 16.6. The van der Waals surface area contributed by atoms with E-state index in [0.29, 0.717) is 23.0 Å². The van der Waals surface area contributed by atoms with Crippen molar-refractivity contribution < 1.29 is 18.7 Å². The Morgan fingerprint density at radius 2 is 1.93 bits per heavy atom. The molecule has 0 spiro atoms. The van der Waals surface area contributed by atoms with Crippen molar-refractivity contribution in [2.24, 2.45) is 0 Å². The fourth-order valence-electron chi connectivity index (χ4n) is 3.62. The number of hydrogen-bond acceptors (Lipinski definition) is 5. The molecule has 29 heavy (non-hydrogen) atoms. The zero-order valence-electron chi connectivity index (χ0n) is 15.8. The lowest BCUT2D eigenvalue weighted by Crippen LogP contribution is -2.22. The quantitative estimate of drug-likeness (QED) is 0.684. The van der Waals surface area contributed by atoms with Crippen molar-refractivity contribution in [2.75, 3.05) is 12.1 Å². The van der Waals surface area contributed by atoms with Gasteiger partial charge in [-0.25, -0.2) is 9.07 Å². The first-order valence-electron chi connectivity index (χ1n) is 9.22. The highest BCUT2D eigenvalue weighted by Gasteiger charge is 2.34. The predicted octanol–water partition coefficient (Wildman–Crippen LogP) is 4.21. The first kappa shape index (κ1) is 18.1. The number of nitrogens with zero attached hydrogens (tertiary/aromatic N) is 2. The smallest absolute Gasteiger partial charge is 0.238 e. The van der Waals surface area contributed by atoms with Crippen LogP contribution in [0.4, 0.5) is 10.2 Å². The van der Waals surface area contributed by atoms with Crippen molar-refractivity contribution in [1.82, 2.24) is 9.78 Å². The number of rotatable bonds is 2. The molecule has 3 aromatic rings. The first-order chi connectivity index (χ1) is 14.0. The Labute approximate surface area is 171 Å². The number of nitrogens with one attached hydrogen (secondary N) is 1. The van der Waals surface area contributed by atoms with Crippen LogP contribution in [0.2, 0.25) is 0 Å². The molecule has 0 saturated carbocycles. The standard InChI is InChI=1S/C21H18FN3O3S/c1-11-18-19(13-3-8-16-17(9-13)28-10-27-16)29-12(2)21(26)23-20(18)25(24-11)15-6-4-14(22)5-7-15/h3-9,12,19H,10H2,1-2H3,(H,23,26)/t12-,19-/m0/s1. The Hall–Kier alpha value is -3.00. The molecule has 2 aliphatic heterocycles. The van der Waals surface area contributed by atoms with Crippen LogP contribution in [0.3, 0.4) is 0 Å². The van der Waals surface area contributed by atoms with E-state index >= 15 is 0 Å². The van der Waals surface area contributed by atoms with Crippen LogP contribution in [0.1, 0.15) is 29.0 Å². The Balaban J connectivity index is 1.67. The van der Waals surface area contributed by atoms with Crippen LogP contribution in [0, 0.1) is 12.7 Å². The highest BCUT2D eigenvalue weighted by Crippen LogP contribution is 2.48. The molecule has 0 bridgehead atoms. The number of carbonyl (C=O) groups is 1. The summed E-state index contributed by atoms with van der Waals surface area (Å²) in [7, 11) is 0. The number of hydrogen-bond donors (Lipinski definition) is 1. The average Bonchev–Trinajstić information content (AvgIpc) is 3.27. The minimum Gasteiger partial charge on any atom is -0.454 e. The van der Waals surface area contributed by atoms with E-state index in [1.807, 2.05) is 32.0 Å². The minimum atomic E-state index is -0.324. The van der Waals surface area contributed by atoms with E-state index in [9.17, 15) is 9.18 Å². The summed E-state index contributed by atoms with van der Waals surface area (Å²) in [5.74, 6) is 1.61. The summed E-state index contributed by atoms with van der Waals surface area (Å²) < 4.78 is 26.0. The van der Waals surface area contributed by atoms with Gasteiger partial charge in [0.2, 0.25) is 12.7 Å². The first-order valence-corrected chi connectivity index (χ1v) is 10.2. The minimum absolute atomic E-state index is 0.0947. The summed E-state index contributed by atoms with van der Waals surface area (Å²) in [6.07, 6.45) is 0. The molecule has 1 amide bonds. The number of halogens is 1. The molecule has 0 radical (unpaired) electrons. The molecule has 2 aromatic carbocycles. The molecule has 0 aliphatic carbocycles. The molecule has 0 fully saturated rings. The Bertz CT molecular complexity index is 1110. The number of benzene rings is 2. The number of aryl methyl sites for hydroxylation is 1. The molecular weight excluding hydrogens is 393 g/mol. The lowest BCUT2D eigenvalue weighted by atomic mass is 10.0. The van der Waals surface area contributed by atoms with E-state index < -0.39 is 0 Å². The number of ether oxygens (including phenoxy) is 2. The van der Waals surface area contributed by atoms with Gasteiger partial charge in [0, 0.05) is 5.56 Å². The maximum Gasteiger partial charge on any atom is 0.238 e. The van der Waals surface area contributed by atoms with E-state index in [4.69, 9.17) is 9.47 Å².